The molecule has 118 valence electrons. The van der Waals surface area contributed by atoms with E-state index in [-0.39, 0.29) is 6.04 Å². The van der Waals surface area contributed by atoms with Crippen LogP contribution in [0.2, 0.25) is 0 Å². The van der Waals surface area contributed by atoms with Crippen LogP contribution in [0, 0.1) is 0 Å². The predicted octanol–water partition coefficient (Wildman–Crippen LogP) is 3.55. The Morgan fingerprint density at radius 3 is 2.81 bits per heavy atom. The molecule has 1 aliphatic carbocycles. The van der Waals surface area contributed by atoms with E-state index in [2.05, 4.69) is 5.32 Å². The standard InChI is InChI=1S/C16H23F2NO2/c1-2-19-15(8-9-20-11-16(17)18)12-4-3-5-14(10-12)21-13-6-7-13/h3-5,10,13,15-16,19H,2,6-9,11H2,1H3. The molecule has 1 N–H and O–H groups in total. The Bertz CT molecular complexity index is 424. The summed E-state index contributed by atoms with van der Waals surface area (Å²) in [6.45, 7) is 2.66. The van der Waals surface area contributed by atoms with Crippen molar-refractivity contribution in [2.24, 2.45) is 0 Å². The summed E-state index contributed by atoms with van der Waals surface area (Å²) in [7, 11) is 0. The summed E-state index contributed by atoms with van der Waals surface area (Å²) in [5.41, 5.74) is 1.11. The molecule has 0 bridgehead atoms. The Balaban J connectivity index is 1.89. The van der Waals surface area contributed by atoms with Crippen molar-refractivity contribution in [1.82, 2.24) is 5.32 Å². The van der Waals surface area contributed by atoms with Crippen LogP contribution in [0.3, 0.4) is 0 Å². The molecule has 0 spiro atoms. The van der Waals surface area contributed by atoms with Crippen molar-refractivity contribution in [2.75, 3.05) is 19.8 Å². The zero-order valence-electron chi connectivity index (χ0n) is 12.4. The fourth-order valence-electron chi connectivity index (χ4n) is 2.19. The summed E-state index contributed by atoms with van der Waals surface area (Å²) >= 11 is 0. The van der Waals surface area contributed by atoms with Crippen molar-refractivity contribution in [3.8, 4) is 5.75 Å². The molecule has 1 aromatic rings. The average Bonchev–Trinajstić information content (AvgIpc) is 3.26. The molecule has 1 fully saturated rings. The zero-order valence-corrected chi connectivity index (χ0v) is 12.4. The monoisotopic (exact) mass is 299 g/mol. The molecule has 3 nitrogen and oxygen atoms in total. The predicted molar refractivity (Wildman–Crippen MR) is 77.9 cm³/mol. The van der Waals surface area contributed by atoms with Gasteiger partial charge in [0.1, 0.15) is 12.4 Å². The first-order valence-corrected chi connectivity index (χ1v) is 7.55. The van der Waals surface area contributed by atoms with Gasteiger partial charge >= 0.3 is 0 Å². The van der Waals surface area contributed by atoms with Gasteiger partial charge in [0.25, 0.3) is 6.43 Å². The van der Waals surface area contributed by atoms with Gasteiger partial charge in [0.2, 0.25) is 0 Å². The number of benzene rings is 1. The molecule has 1 atom stereocenters. The molecule has 5 heteroatoms. The summed E-state index contributed by atoms with van der Waals surface area (Å²) in [4.78, 5) is 0. The lowest BCUT2D eigenvalue weighted by atomic mass is 10.0. The van der Waals surface area contributed by atoms with Crippen LogP contribution in [-0.2, 0) is 4.74 Å². The Morgan fingerprint density at radius 2 is 2.14 bits per heavy atom. The zero-order chi connectivity index (χ0) is 15.1. The van der Waals surface area contributed by atoms with Gasteiger partial charge in [-0.3, -0.25) is 0 Å². The van der Waals surface area contributed by atoms with Gasteiger partial charge in [-0.05, 0) is 43.5 Å². The molecular formula is C16H23F2NO2. The molecule has 0 heterocycles. The quantitative estimate of drug-likeness (QED) is 0.670. The van der Waals surface area contributed by atoms with Gasteiger partial charge in [-0.25, -0.2) is 8.78 Å². The Hall–Kier alpha value is -1.20. The van der Waals surface area contributed by atoms with Crippen molar-refractivity contribution in [1.29, 1.82) is 0 Å². The van der Waals surface area contributed by atoms with Crippen LogP contribution >= 0.6 is 0 Å². The molecule has 1 unspecified atom stereocenters. The van der Waals surface area contributed by atoms with E-state index in [9.17, 15) is 8.78 Å². The fourth-order valence-corrected chi connectivity index (χ4v) is 2.19. The Morgan fingerprint density at radius 1 is 1.33 bits per heavy atom. The number of ether oxygens (including phenoxy) is 2. The first-order chi connectivity index (χ1) is 10.2. The highest BCUT2D eigenvalue weighted by Crippen LogP contribution is 2.28. The lowest BCUT2D eigenvalue weighted by molar-refractivity contribution is 0.0144. The van der Waals surface area contributed by atoms with Crippen LogP contribution in [0.1, 0.15) is 37.8 Å². The van der Waals surface area contributed by atoms with Crippen molar-refractivity contribution in [2.45, 2.75) is 44.8 Å². The largest absolute Gasteiger partial charge is 0.490 e. The minimum absolute atomic E-state index is 0.0930. The highest BCUT2D eigenvalue weighted by Gasteiger charge is 2.23. The van der Waals surface area contributed by atoms with E-state index in [1.54, 1.807) is 0 Å². The second kappa shape index (κ2) is 8.29. The molecule has 0 radical (unpaired) electrons. The maximum absolute atomic E-state index is 12.1. The summed E-state index contributed by atoms with van der Waals surface area (Å²) in [6.07, 6.45) is 0.878. The highest BCUT2D eigenvalue weighted by atomic mass is 19.3. The molecule has 21 heavy (non-hydrogen) atoms. The fraction of sp³-hybridized carbons (Fsp3) is 0.625. The molecule has 0 amide bonds. The molecular weight excluding hydrogens is 276 g/mol. The maximum Gasteiger partial charge on any atom is 0.261 e. The van der Waals surface area contributed by atoms with Gasteiger partial charge in [-0.15, -0.1) is 0 Å². The number of rotatable bonds is 10. The summed E-state index contributed by atoms with van der Waals surface area (Å²) < 4.78 is 34.9. The maximum atomic E-state index is 12.1. The van der Waals surface area contributed by atoms with Crippen LogP contribution < -0.4 is 10.1 Å². The van der Waals surface area contributed by atoms with Crippen LogP contribution in [0.25, 0.3) is 0 Å². The van der Waals surface area contributed by atoms with Gasteiger partial charge in [-0.1, -0.05) is 19.1 Å². The summed E-state index contributed by atoms with van der Waals surface area (Å²) in [5, 5.41) is 3.36. The summed E-state index contributed by atoms with van der Waals surface area (Å²) in [5.74, 6) is 0.881. The molecule has 0 saturated heterocycles. The lowest BCUT2D eigenvalue weighted by Crippen LogP contribution is -2.23. The third-order valence-electron chi connectivity index (χ3n) is 3.33. The number of hydrogen-bond acceptors (Lipinski definition) is 3. The Kier molecular flexibility index (Phi) is 6.39. The molecule has 0 aliphatic heterocycles. The second-order valence-corrected chi connectivity index (χ2v) is 5.25. The van der Waals surface area contributed by atoms with Crippen LogP contribution in [-0.4, -0.2) is 32.3 Å². The minimum atomic E-state index is -2.40. The van der Waals surface area contributed by atoms with E-state index in [4.69, 9.17) is 9.47 Å². The van der Waals surface area contributed by atoms with Crippen molar-refractivity contribution in [3.05, 3.63) is 29.8 Å². The van der Waals surface area contributed by atoms with E-state index >= 15 is 0 Å². The third kappa shape index (κ3) is 5.98. The lowest BCUT2D eigenvalue weighted by Gasteiger charge is -2.19. The smallest absolute Gasteiger partial charge is 0.261 e. The molecule has 0 aromatic heterocycles. The normalized spacial score (nSPS) is 16.2. The molecule has 1 aromatic carbocycles. The summed E-state index contributed by atoms with van der Waals surface area (Å²) in [6, 6.07) is 8.07. The van der Waals surface area contributed by atoms with Crippen molar-refractivity contribution < 1.29 is 18.3 Å². The third-order valence-corrected chi connectivity index (χ3v) is 3.33. The van der Waals surface area contributed by atoms with E-state index in [1.807, 2.05) is 31.2 Å². The number of alkyl halides is 2. The first kappa shape index (κ1) is 16.2. The van der Waals surface area contributed by atoms with Gasteiger partial charge in [0.05, 0.1) is 6.10 Å². The van der Waals surface area contributed by atoms with Gasteiger partial charge in [0, 0.05) is 12.6 Å². The van der Waals surface area contributed by atoms with E-state index in [0.717, 1.165) is 30.7 Å². The highest BCUT2D eigenvalue weighted by molar-refractivity contribution is 5.31. The van der Waals surface area contributed by atoms with Crippen molar-refractivity contribution in [3.63, 3.8) is 0 Å². The van der Waals surface area contributed by atoms with Gasteiger partial charge in [0.15, 0.2) is 0 Å². The number of nitrogens with one attached hydrogen (secondary N) is 1. The van der Waals surface area contributed by atoms with Gasteiger partial charge in [-0.2, -0.15) is 0 Å². The van der Waals surface area contributed by atoms with Crippen molar-refractivity contribution >= 4 is 0 Å². The van der Waals surface area contributed by atoms with Gasteiger partial charge < -0.3 is 14.8 Å². The topological polar surface area (TPSA) is 30.5 Å². The van der Waals surface area contributed by atoms with E-state index in [0.29, 0.717) is 19.1 Å². The van der Waals surface area contributed by atoms with Crippen LogP contribution in [0.5, 0.6) is 5.75 Å². The molecule has 2 rings (SSSR count). The SMILES string of the molecule is CCNC(CCOCC(F)F)c1cccc(OC2CC2)c1. The number of hydrogen-bond donors (Lipinski definition) is 1. The first-order valence-electron chi connectivity index (χ1n) is 7.55. The Labute approximate surface area is 124 Å². The number of halogens is 2. The second-order valence-electron chi connectivity index (χ2n) is 5.25. The van der Waals surface area contributed by atoms with Crippen LogP contribution in [0.15, 0.2) is 24.3 Å². The molecule has 1 aliphatic rings. The average molecular weight is 299 g/mol. The minimum Gasteiger partial charge on any atom is -0.490 e. The van der Waals surface area contributed by atoms with E-state index in [1.165, 1.54) is 0 Å². The van der Waals surface area contributed by atoms with Crippen LogP contribution in [0.4, 0.5) is 8.78 Å². The van der Waals surface area contributed by atoms with E-state index < -0.39 is 13.0 Å². The molecule has 1 saturated carbocycles.